The number of rotatable bonds is 9. The van der Waals surface area contributed by atoms with Crippen molar-refractivity contribution in [1.82, 2.24) is 14.5 Å². The van der Waals surface area contributed by atoms with Crippen molar-refractivity contribution in [3.8, 4) is 0 Å². The van der Waals surface area contributed by atoms with Gasteiger partial charge in [-0.1, -0.05) is 20.3 Å². The zero-order valence-corrected chi connectivity index (χ0v) is 21.2. The fraction of sp³-hybridized carbons (Fsp3) is 0.667. The second kappa shape index (κ2) is 10.5. The summed E-state index contributed by atoms with van der Waals surface area (Å²) in [6.07, 6.45) is 3.81. The van der Waals surface area contributed by atoms with Crippen molar-refractivity contribution in [3.05, 3.63) is 24.3 Å². The van der Waals surface area contributed by atoms with Gasteiger partial charge in [0.05, 0.1) is 10.8 Å². The minimum atomic E-state index is -3.55. The van der Waals surface area contributed by atoms with E-state index in [-0.39, 0.29) is 28.7 Å². The molecule has 3 rings (SSSR count). The van der Waals surface area contributed by atoms with Gasteiger partial charge >= 0.3 is 0 Å². The summed E-state index contributed by atoms with van der Waals surface area (Å²) < 4.78 is 26.8. The van der Waals surface area contributed by atoms with Crippen molar-refractivity contribution in [2.75, 3.05) is 44.2 Å². The predicted molar refractivity (Wildman–Crippen MR) is 130 cm³/mol. The first-order valence-electron chi connectivity index (χ1n) is 12.0. The smallest absolute Gasteiger partial charge is 0.243 e. The van der Waals surface area contributed by atoms with Gasteiger partial charge in [-0.25, -0.2) is 8.42 Å². The van der Waals surface area contributed by atoms with Gasteiger partial charge in [-0.05, 0) is 64.0 Å². The zero-order chi connectivity index (χ0) is 24.2. The molecule has 0 bridgehead atoms. The van der Waals surface area contributed by atoms with Crippen LogP contribution in [0.5, 0.6) is 0 Å². The lowest BCUT2D eigenvalue weighted by Crippen LogP contribution is -2.54. The molecule has 2 aliphatic rings. The number of sulfonamides is 1. The Morgan fingerprint density at radius 2 is 1.70 bits per heavy atom. The van der Waals surface area contributed by atoms with E-state index >= 15 is 0 Å². The first-order chi connectivity index (χ1) is 15.6. The van der Waals surface area contributed by atoms with E-state index in [0.29, 0.717) is 31.9 Å². The van der Waals surface area contributed by atoms with Gasteiger partial charge in [0.25, 0.3) is 0 Å². The second-order valence-corrected chi connectivity index (χ2v) is 11.5. The number of hydrogen-bond acceptors (Lipinski definition) is 5. The Hall–Kier alpha value is -1.97. The standard InChI is InChI=1S/C24H38N4O4S/c1-5-27(6-2)33(31,32)21-12-10-20(11-13-21)28-17-19(16-22(28)29)23(30)25-18-24(3,4)26-14-8-7-9-15-26/h10-13,19H,5-9,14-18H2,1-4H3,(H,25,30). The van der Waals surface area contributed by atoms with Crippen LogP contribution < -0.4 is 10.2 Å². The van der Waals surface area contributed by atoms with E-state index in [1.54, 1.807) is 30.9 Å². The first kappa shape index (κ1) is 25.6. The highest BCUT2D eigenvalue weighted by atomic mass is 32.2. The molecule has 1 aromatic rings. The van der Waals surface area contributed by atoms with Crippen molar-refractivity contribution in [2.24, 2.45) is 5.92 Å². The van der Waals surface area contributed by atoms with Crippen molar-refractivity contribution in [3.63, 3.8) is 0 Å². The Morgan fingerprint density at radius 1 is 1.09 bits per heavy atom. The van der Waals surface area contributed by atoms with Crippen molar-refractivity contribution < 1.29 is 18.0 Å². The number of benzene rings is 1. The first-order valence-corrected chi connectivity index (χ1v) is 13.5. The summed E-state index contributed by atoms with van der Waals surface area (Å²) in [5, 5.41) is 3.06. The zero-order valence-electron chi connectivity index (χ0n) is 20.3. The van der Waals surface area contributed by atoms with Crippen LogP contribution in [-0.4, -0.2) is 74.2 Å². The molecule has 1 atom stereocenters. The third-order valence-electron chi connectivity index (χ3n) is 6.89. The fourth-order valence-corrected chi connectivity index (χ4v) is 6.16. The summed E-state index contributed by atoms with van der Waals surface area (Å²) in [6.45, 7) is 11.7. The maximum Gasteiger partial charge on any atom is 0.243 e. The minimum absolute atomic E-state index is 0.100. The molecule has 1 aromatic carbocycles. The van der Waals surface area contributed by atoms with E-state index in [9.17, 15) is 18.0 Å². The number of piperidine rings is 1. The Labute approximate surface area is 198 Å². The number of amides is 2. The highest BCUT2D eigenvalue weighted by molar-refractivity contribution is 7.89. The molecule has 1 unspecified atom stereocenters. The van der Waals surface area contributed by atoms with Crippen LogP contribution in [0.4, 0.5) is 5.69 Å². The van der Waals surface area contributed by atoms with E-state index in [1.165, 1.54) is 35.7 Å². The molecule has 0 aliphatic carbocycles. The summed E-state index contributed by atoms with van der Waals surface area (Å²) >= 11 is 0. The molecule has 184 valence electrons. The van der Waals surface area contributed by atoms with E-state index in [0.717, 1.165) is 13.1 Å². The van der Waals surface area contributed by atoms with E-state index in [1.807, 2.05) is 0 Å². The van der Waals surface area contributed by atoms with Crippen LogP contribution in [0.3, 0.4) is 0 Å². The Bertz CT molecular complexity index is 936. The van der Waals surface area contributed by atoms with Gasteiger partial charge in [0.1, 0.15) is 0 Å². The van der Waals surface area contributed by atoms with Crippen LogP contribution >= 0.6 is 0 Å². The van der Waals surface area contributed by atoms with Gasteiger partial charge in [-0.2, -0.15) is 4.31 Å². The molecule has 2 saturated heterocycles. The maximum absolute atomic E-state index is 12.8. The van der Waals surface area contributed by atoms with Crippen molar-refractivity contribution >= 4 is 27.5 Å². The number of likely N-dealkylation sites (tertiary alicyclic amines) is 1. The second-order valence-electron chi connectivity index (χ2n) is 9.57. The normalized spacial score (nSPS) is 20.5. The third-order valence-corrected chi connectivity index (χ3v) is 8.96. The fourth-order valence-electron chi connectivity index (χ4n) is 4.70. The minimum Gasteiger partial charge on any atom is -0.354 e. The number of carbonyl (C=O) groups excluding carboxylic acids is 2. The summed E-state index contributed by atoms with van der Waals surface area (Å²) in [4.78, 5) is 29.7. The number of hydrogen-bond donors (Lipinski definition) is 1. The van der Waals surface area contributed by atoms with Crippen molar-refractivity contribution in [2.45, 2.75) is 63.8 Å². The molecular formula is C24H38N4O4S. The van der Waals surface area contributed by atoms with Gasteiger partial charge in [0, 0.05) is 43.8 Å². The van der Waals surface area contributed by atoms with Crippen molar-refractivity contribution in [1.29, 1.82) is 0 Å². The predicted octanol–water partition coefficient (Wildman–Crippen LogP) is 2.45. The summed E-state index contributed by atoms with van der Waals surface area (Å²) in [6, 6.07) is 6.36. The van der Waals surface area contributed by atoms with Crippen LogP contribution in [0, 0.1) is 5.92 Å². The lowest BCUT2D eigenvalue weighted by Gasteiger charge is -2.41. The molecule has 9 heteroatoms. The number of anilines is 1. The average Bonchev–Trinajstić information content (AvgIpc) is 3.20. The molecule has 0 radical (unpaired) electrons. The summed E-state index contributed by atoms with van der Waals surface area (Å²) in [5.74, 6) is -0.629. The number of nitrogens with zero attached hydrogens (tertiary/aromatic N) is 3. The lowest BCUT2D eigenvalue weighted by molar-refractivity contribution is -0.126. The molecule has 0 spiro atoms. The van der Waals surface area contributed by atoms with E-state index < -0.39 is 15.9 Å². The highest BCUT2D eigenvalue weighted by Crippen LogP contribution is 2.27. The maximum atomic E-state index is 12.8. The van der Waals surface area contributed by atoms with E-state index in [4.69, 9.17) is 0 Å². The van der Waals surface area contributed by atoms with Gasteiger partial charge in [0.2, 0.25) is 21.8 Å². The van der Waals surface area contributed by atoms with Crippen LogP contribution in [0.1, 0.15) is 53.4 Å². The molecule has 2 amide bonds. The Balaban J connectivity index is 1.61. The van der Waals surface area contributed by atoms with Gasteiger partial charge < -0.3 is 10.2 Å². The van der Waals surface area contributed by atoms with Crippen LogP contribution in [-0.2, 0) is 19.6 Å². The monoisotopic (exact) mass is 478 g/mol. The van der Waals surface area contributed by atoms with Crippen LogP contribution in [0.2, 0.25) is 0 Å². The Kier molecular flexibility index (Phi) is 8.18. The molecule has 2 fully saturated rings. The largest absolute Gasteiger partial charge is 0.354 e. The highest BCUT2D eigenvalue weighted by Gasteiger charge is 2.36. The number of carbonyl (C=O) groups is 2. The topological polar surface area (TPSA) is 90.0 Å². The van der Waals surface area contributed by atoms with Crippen LogP contribution in [0.15, 0.2) is 29.2 Å². The summed E-state index contributed by atoms with van der Waals surface area (Å²) in [5.41, 5.74) is 0.493. The SMILES string of the molecule is CCN(CC)S(=O)(=O)c1ccc(N2CC(C(=O)NCC(C)(C)N3CCCCC3)CC2=O)cc1. The van der Waals surface area contributed by atoms with Gasteiger partial charge in [0.15, 0.2) is 0 Å². The van der Waals surface area contributed by atoms with E-state index in [2.05, 4.69) is 24.1 Å². The average molecular weight is 479 g/mol. The van der Waals surface area contributed by atoms with Crippen LogP contribution in [0.25, 0.3) is 0 Å². The van der Waals surface area contributed by atoms with Gasteiger partial charge in [-0.3, -0.25) is 14.5 Å². The molecule has 0 aromatic heterocycles. The molecule has 2 aliphatic heterocycles. The Morgan fingerprint density at radius 3 is 2.27 bits per heavy atom. The molecule has 8 nitrogen and oxygen atoms in total. The lowest BCUT2D eigenvalue weighted by atomic mass is 9.98. The van der Waals surface area contributed by atoms with Gasteiger partial charge in [-0.15, -0.1) is 0 Å². The molecular weight excluding hydrogens is 440 g/mol. The number of nitrogens with one attached hydrogen (secondary N) is 1. The molecule has 1 N–H and O–H groups in total. The quantitative estimate of drug-likeness (QED) is 0.589. The molecule has 2 heterocycles. The summed E-state index contributed by atoms with van der Waals surface area (Å²) in [7, 11) is -3.55. The molecule has 0 saturated carbocycles. The molecule has 33 heavy (non-hydrogen) atoms. The third kappa shape index (κ3) is 5.75.